The number of aryl methyl sites for hydroxylation is 1. The number of para-hydroxylation sites is 1. The van der Waals surface area contributed by atoms with E-state index in [2.05, 4.69) is 5.32 Å². The maximum absolute atomic E-state index is 13.8. The summed E-state index contributed by atoms with van der Waals surface area (Å²) in [6.45, 7) is 4.41. The van der Waals surface area contributed by atoms with Crippen LogP contribution in [0.3, 0.4) is 0 Å². The number of hydrogen-bond donors (Lipinski definition) is 1. The van der Waals surface area contributed by atoms with Gasteiger partial charge >= 0.3 is 6.03 Å². The van der Waals surface area contributed by atoms with E-state index in [0.717, 1.165) is 11.1 Å². The number of halogens is 1. The summed E-state index contributed by atoms with van der Waals surface area (Å²) in [6, 6.07) is 14.6. The number of benzene rings is 2. The SMILES string of the molecule is Cc1ccccc1/C=C/NC(=O)N1CCN(c2ccccc2F)CC1. The lowest BCUT2D eigenvalue weighted by Crippen LogP contribution is -2.51. The van der Waals surface area contributed by atoms with E-state index in [-0.39, 0.29) is 11.8 Å². The molecule has 1 aliphatic rings. The lowest BCUT2D eigenvalue weighted by Gasteiger charge is -2.35. The maximum Gasteiger partial charge on any atom is 0.321 e. The van der Waals surface area contributed by atoms with Gasteiger partial charge in [-0.05, 0) is 36.3 Å². The highest BCUT2D eigenvalue weighted by atomic mass is 19.1. The first kappa shape index (κ1) is 17.0. The number of carbonyl (C=O) groups is 1. The van der Waals surface area contributed by atoms with Crippen LogP contribution in [0.2, 0.25) is 0 Å². The van der Waals surface area contributed by atoms with Crippen molar-refractivity contribution in [2.75, 3.05) is 31.1 Å². The normalized spacial score (nSPS) is 14.8. The zero-order chi connectivity index (χ0) is 17.6. The minimum absolute atomic E-state index is 0.127. The quantitative estimate of drug-likeness (QED) is 0.927. The van der Waals surface area contributed by atoms with E-state index in [1.165, 1.54) is 6.07 Å². The zero-order valence-corrected chi connectivity index (χ0v) is 14.3. The highest BCUT2D eigenvalue weighted by molar-refractivity contribution is 5.76. The van der Waals surface area contributed by atoms with Gasteiger partial charge in [0, 0.05) is 32.4 Å². The summed E-state index contributed by atoms with van der Waals surface area (Å²) in [5.41, 5.74) is 2.83. The summed E-state index contributed by atoms with van der Waals surface area (Å²) in [7, 11) is 0. The molecule has 2 aromatic rings. The summed E-state index contributed by atoms with van der Waals surface area (Å²) in [5.74, 6) is -0.221. The van der Waals surface area contributed by atoms with Crippen LogP contribution in [-0.4, -0.2) is 37.1 Å². The largest absolute Gasteiger partial charge is 0.366 e. The molecule has 1 fully saturated rings. The van der Waals surface area contributed by atoms with E-state index in [0.29, 0.717) is 31.9 Å². The fourth-order valence-electron chi connectivity index (χ4n) is 2.93. The summed E-state index contributed by atoms with van der Waals surface area (Å²) < 4.78 is 13.8. The predicted molar refractivity (Wildman–Crippen MR) is 98.9 cm³/mol. The third kappa shape index (κ3) is 4.18. The van der Waals surface area contributed by atoms with Gasteiger partial charge in [-0.25, -0.2) is 9.18 Å². The van der Waals surface area contributed by atoms with Gasteiger partial charge in [0.15, 0.2) is 0 Å². The molecule has 5 heteroatoms. The fraction of sp³-hybridized carbons (Fsp3) is 0.250. The molecule has 130 valence electrons. The predicted octanol–water partition coefficient (Wildman–Crippen LogP) is 3.64. The van der Waals surface area contributed by atoms with E-state index in [1.54, 1.807) is 23.2 Å². The number of anilines is 1. The molecule has 0 saturated carbocycles. The summed E-state index contributed by atoms with van der Waals surface area (Å²) in [4.78, 5) is 16.0. The number of carbonyl (C=O) groups excluding carboxylic acids is 1. The van der Waals surface area contributed by atoms with Crippen molar-refractivity contribution in [2.45, 2.75) is 6.92 Å². The van der Waals surface area contributed by atoms with Crippen LogP contribution in [0.4, 0.5) is 14.9 Å². The molecule has 25 heavy (non-hydrogen) atoms. The molecule has 2 aromatic carbocycles. The van der Waals surface area contributed by atoms with Crippen molar-refractivity contribution < 1.29 is 9.18 Å². The second-order valence-electron chi connectivity index (χ2n) is 6.06. The minimum Gasteiger partial charge on any atom is -0.366 e. The average molecular weight is 339 g/mol. The molecule has 0 unspecified atom stereocenters. The van der Waals surface area contributed by atoms with Gasteiger partial charge in [-0.2, -0.15) is 0 Å². The van der Waals surface area contributed by atoms with Gasteiger partial charge in [0.1, 0.15) is 5.82 Å². The monoisotopic (exact) mass is 339 g/mol. The molecule has 2 amide bonds. The standard InChI is InChI=1S/C20H22FN3O/c1-16-6-2-3-7-17(16)10-11-22-20(25)24-14-12-23(13-15-24)19-9-5-4-8-18(19)21/h2-11H,12-15H2,1H3,(H,22,25)/b11-10+. The fourth-order valence-corrected chi connectivity index (χ4v) is 2.93. The van der Waals surface area contributed by atoms with Gasteiger partial charge in [-0.1, -0.05) is 36.4 Å². The second kappa shape index (κ2) is 7.83. The second-order valence-corrected chi connectivity index (χ2v) is 6.06. The van der Waals surface area contributed by atoms with Crippen molar-refractivity contribution in [2.24, 2.45) is 0 Å². The Labute approximate surface area is 147 Å². The first-order valence-electron chi connectivity index (χ1n) is 8.42. The van der Waals surface area contributed by atoms with Crippen molar-refractivity contribution in [1.29, 1.82) is 0 Å². The Morgan fingerprint density at radius 1 is 1.04 bits per heavy atom. The minimum atomic E-state index is -0.221. The Bertz CT molecular complexity index is 767. The highest BCUT2D eigenvalue weighted by Gasteiger charge is 2.22. The molecule has 0 aromatic heterocycles. The molecule has 0 spiro atoms. The number of nitrogens with one attached hydrogen (secondary N) is 1. The van der Waals surface area contributed by atoms with E-state index in [9.17, 15) is 9.18 Å². The average Bonchev–Trinajstić information content (AvgIpc) is 2.64. The lowest BCUT2D eigenvalue weighted by molar-refractivity contribution is 0.198. The smallest absolute Gasteiger partial charge is 0.321 e. The van der Waals surface area contributed by atoms with Crippen LogP contribution in [0.5, 0.6) is 0 Å². The lowest BCUT2D eigenvalue weighted by atomic mass is 10.1. The molecule has 1 aliphatic heterocycles. The van der Waals surface area contributed by atoms with Crippen LogP contribution < -0.4 is 10.2 Å². The molecule has 0 bridgehead atoms. The molecule has 0 aliphatic carbocycles. The van der Waals surface area contributed by atoms with E-state index in [1.807, 2.05) is 48.2 Å². The summed E-state index contributed by atoms with van der Waals surface area (Å²) in [5, 5.41) is 2.81. The molecular weight excluding hydrogens is 317 g/mol. The van der Waals surface area contributed by atoms with Crippen LogP contribution in [0.15, 0.2) is 54.7 Å². The van der Waals surface area contributed by atoms with E-state index < -0.39 is 0 Å². The van der Waals surface area contributed by atoms with Gasteiger partial charge in [0.05, 0.1) is 5.69 Å². The van der Waals surface area contributed by atoms with Crippen LogP contribution in [0.25, 0.3) is 6.08 Å². The first-order chi connectivity index (χ1) is 12.1. The Kier molecular flexibility index (Phi) is 5.33. The number of piperazine rings is 1. The van der Waals surface area contributed by atoms with Crippen molar-refractivity contribution in [1.82, 2.24) is 10.2 Å². The molecule has 1 heterocycles. The topological polar surface area (TPSA) is 35.6 Å². The van der Waals surface area contributed by atoms with Gasteiger partial charge in [-0.15, -0.1) is 0 Å². The Morgan fingerprint density at radius 2 is 1.72 bits per heavy atom. The van der Waals surface area contributed by atoms with Crippen molar-refractivity contribution >= 4 is 17.8 Å². The highest BCUT2D eigenvalue weighted by Crippen LogP contribution is 2.20. The van der Waals surface area contributed by atoms with Gasteiger partial charge in [-0.3, -0.25) is 0 Å². The Balaban J connectivity index is 1.52. The van der Waals surface area contributed by atoms with Crippen LogP contribution in [-0.2, 0) is 0 Å². The molecule has 1 N–H and O–H groups in total. The Morgan fingerprint density at radius 3 is 2.44 bits per heavy atom. The summed E-state index contributed by atoms with van der Waals surface area (Å²) in [6.07, 6.45) is 3.57. The zero-order valence-electron chi connectivity index (χ0n) is 14.3. The van der Waals surface area contributed by atoms with Gasteiger partial charge in [0.25, 0.3) is 0 Å². The molecule has 3 rings (SSSR count). The van der Waals surface area contributed by atoms with E-state index >= 15 is 0 Å². The first-order valence-corrected chi connectivity index (χ1v) is 8.42. The number of amides is 2. The molecular formula is C20H22FN3O. The number of urea groups is 1. The van der Waals surface area contributed by atoms with Crippen molar-refractivity contribution in [3.8, 4) is 0 Å². The number of hydrogen-bond acceptors (Lipinski definition) is 2. The van der Waals surface area contributed by atoms with Crippen LogP contribution in [0, 0.1) is 12.7 Å². The third-order valence-corrected chi connectivity index (χ3v) is 4.42. The van der Waals surface area contributed by atoms with Crippen molar-refractivity contribution in [3.05, 3.63) is 71.7 Å². The number of rotatable bonds is 3. The molecule has 4 nitrogen and oxygen atoms in total. The molecule has 0 atom stereocenters. The Hall–Kier alpha value is -2.82. The van der Waals surface area contributed by atoms with Gasteiger partial charge < -0.3 is 15.1 Å². The van der Waals surface area contributed by atoms with E-state index in [4.69, 9.17) is 0 Å². The van der Waals surface area contributed by atoms with Crippen molar-refractivity contribution in [3.63, 3.8) is 0 Å². The molecule has 1 saturated heterocycles. The third-order valence-electron chi connectivity index (χ3n) is 4.42. The number of nitrogens with zero attached hydrogens (tertiary/aromatic N) is 2. The maximum atomic E-state index is 13.8. The molecule has 0 radical (unpaired) electrons. The van der Waals surface area contributed by atoms with Gasteiger partial charge in [0.2, 0.25) is 0 Å². The summed E-state index contributed by atoms with van der Waals surface area (Å²) >= 11 is 0. The van der Waals surface area contributed by atoms with Crippen LogP contribution >= 0.6 is 0 Å². The van der Waals surface area contributed by atoms with Crippen LogP contribution in [0.1, 0.15) is 11.1 Å².